The van der Waals surface area contributed by atoms with Crippen LogP contribution in [-0.4, -0.2) is 32.7 Å². The van der Waals surface area contributed by atoms with E-state index in [1.54, 1.807) is 11.0 Å². The molecule has 0 spiro atoms. The van der Waals surface area contributed by atoms with Crippen molar-refractivity contribution in [2.75, 3.05) is 4.90 Å². The molecule has 36 heavy (non-hydrogen) atoms. The van der Waals surface area contributed by atoms with Gasteiger partial charge in [0.15, 0.2) is 0 Å². The fraction of sp³-hybridized carbons (Fsp3) is 0.423. The van der Waals surface area contributed by atoms with Crippen LogP contribution in [0.2, 0.25) is 0 Å². The van der Waals surface area contributed by atoms with E-state index in [4.69, 9.17) is 16.0 Å². The van der Waals surface area contributed by atoms with Crippen molar-refractivity contribution < 1.29 is 18.0 Å². The summed E-state index contributed by atoms with van der Waals surface area (Å²) in [6.45, 7) is 2.72. The number of aryl methyl sites for hydroxylation is 1. The summed E-state index contributed by atoms with van der Waals surface area (Å²) in [6, 6.07) is 15.3. The topological polar surface area (TPSA) is 91.2 Å². The predicted molar refractivity (Wildman–Crippen MR) is 131 cm³/mol. The molecule has 2 amide bonds. The van der Waals surface area contributed by atoms with E-state index in [2.05, 4.69) is 0 Å². The van der Waals surface area contributed by atoms with Crippen LogP contribution in [0.4, 0.5) is 23.7 Å². The highest BCUT2D eigenvalue weighted by Gasteiger charge is 2.39. The second kappa shape index (κ2) is 10.6. The monoisotopic (exact) mass is 498 g/mol. The zero-order valence-corrected chi connectivity index (χ0v) is 20.1. The Balaban J connectivity index is 0.000000967. The molecule has 0 radical (unpaired) electrons. The van der Waals surface area contributed by atoms with Crippen LogP contribution in [0, 0.1) is 11.3 Å². The molecule has 2 aliphatic rings. The predicted octanol–water partition coefficient (Wildman–Crippen LogP) is 5.47. The molecule has 3 aromatic rings. The maximum atomic E-state index is 13.4. The maximum Gasteiger partial charge on any atom is 0.389 e. The van der Waals surface area contributed by atoms with Crippen molar-refractivity contribution >= 4 is 22.8 Å². The number of aromatic nitrogens is 2. The lowest BCUT2D eigenvalue weighted by atomic mass is 10.1. The number of para-hydroxylation sites is 1. The third-order valence-electron chi connectivity index (χ3n) is 6.36. The zero-order valence-electron chi connectivity index (χ0n) is 20.1. The lowest BCUT2D eigenvalue weighted by molar-refractivity contribution is -0.135. The number of amides is 2. The quantitative estimate of drug-likeness (QED) is 0.468. The lowest BCUT2D eigenvalue weighted by Gasteiger charge is -2.37. The van der Waals surface area contributed by atoms with Gasteiger partial charge in [-0.2, -0.15) is 18.4 Å². The van der Waals surface area contributed by atoms with Gasteiger partial charge >= 0.3 is 12.2 Å². The highest BCUT2D eigenvalue weighted by molar-refractivity contribution is 5.95. The Morgan fingerprint density at radius 3 is 2.58 bits per heavy atom. The average Bonchev–Trinajstić information content (AvgIpc) is 3.63. The standard InChI is InChI=1S/C24H26F3N5O.C2H3N/c25-24(26,27)10-3-11-30-21-9-6-16(13-28)12-19(21)29-22(30)15-32-20-5-2-1-4-17(20)14-31(23(32)33)18-7-8-18;1-2-3/h1-2,4-6,9,12,18H,3,7-8,10-11,13-15,28H2;1H3. The first-order chi connectivity index (χ1) is 17.3. The number of nitrogens with two attached hydrogens (primary N) is 1. The molecule has 190 valence electrons. The van der Waals surface area contributed by atoms with Crippen molar-refractivity contribution in [2.45, 2.75) is 71.0 Å². The first-order valence-electron chi connectivity index (χ1n) is 12.0. The van der Waals surface area contributed by atoms with Crippen molar-refractivity contribution in [3.8, 4) is 6.07 Å². The number of imidazole rings is 1. The Labute approximate surface area is 207 Å². The molecule has 2 aromatic carbocycles. The molecule has 5 rings (SSSR count). The summed E-state index contributed by atoms with van der Waals surface area (Å²) in [6.07, 6.45) is -3.14. The smallest absolute Gasteiger partial charge is 0.326 e. The van der Waals surface area contributed by atoms with Crippen LogP contribution in [0.25, 0.3) is 11.0 Å². The number of anilines is 1. The second-order valence-electron chi connectivity index (χ2n) is 9.01. The summed E-state index contributed by atoms with van der Waals surface area (Å²) in [4.78, 5) is 21.7. The fourth-order valence-corrected chi connectivity index (χ4v) is 4.54. The lowest BCUT2D eigenvalue weighted by Crippen LogP contribution is -2.48. The molecule has 1 fully saturated rings. The number of fused-ring (bicyclic) bond motifs is 2. The molecular formula is C26H29F3N6O. The minimum absolute atomic E-state index is 0.0562. The van der Waals surface area contributed by atoms with Gasteiger partial charge in [0, 0.05) is 39.0 Å². The van der Waals surface area contributed by atoms with Crippen molar-refractivity contribution in [1.82, 2.24) is 14.5 Å². The molecule has 0 saturated heterocycles. The third-order valence-corrected chi connectivity index (χ3v) is 6.36. The van der Waals surface area contributed by atoms with Gasteiger partial charge in [-0.25, -0.2) is 9.78 Å². The molecule has 0 unspecified atom stereocenters. The van der Waals surface area contributed by atoms with E-state index in [1.165, 1.54) is 6.92 Å². The number of hydrogen-bond acceptors (Lipinski definition) is 4. The van der Waals surface area contributed by atoms with Crippen molar-refractivity contribution in [2.24, 2.45) is 5.73 Å². The number of carbonyl (C=O) groups is 1. The Morgan fingerprint density at radius 2 is 1.92 bits per heavy atom. The molecule has 10 heteroatoms. The van der Waals surface area contributed by atoms with Crippen LogP contribution in [-0.2, 0) is 26.2 Å². The van der Waals surface area contributed by atoms with Crippen LogP contribution in [0.15, 0.2) is 42.5 Å². The molecule has 1 saturated carbocycles. The van der Waals surface area contributed by atoms with Crippen LogP contribution in [0.1, 0.15) is 49.6 Å². The number of urea groups is 1. The summed E-state index contributed by atoms with van der Waals surface area (Å²) in [7, 11) is 0. The molecular weight excluding hydrogens is 469 g/mol. The summed E-state index contributed by atoms with van der Waals surface area (Å²) < 4.78 is 40.3. The van der Waals surface area contributed by atoms with Crippen LogP contribution in [0.5, 0.6) is 0 Å². The molecule has 1 aliphatic carbocycles. The Hall–Kier alpha value is -3.58. The molecule has 1 aliphatic heterocycles. The number of benzene rings is 2. The molecule has 1 aromatic heterocycles. The van der Waals surface area contributed by atoms with E-state index in [-0.39, 0.29) is 31.6 Å². The van der Waals surface area contributed by atoms with Gasteiger partial charge in [-0.3, -0.25) is 4.90 Å². The van der Waals surface area contributed by atoms with Gasteiger partial charge in [0.1, 0.15) is 5.82 Å². The second-order valence-corrected chi connectivity index (χ2v) is 9.01. The Morgan fingerprint density at radius 1 is 1.19 bits per heavy atom. The number of hydrogen-bond donors (Lipinski definition) is 1. The van der Waals surface area contributed by atoms with Crippen molar-refractivity contribution in [3.05, 3.63) is 59.4 Å². The highest BCUT2D eigenvalue weighted by Crippen LogP contribution is 2.37. The van der Waals surface area contributed by atoms with E-state index in [0.717, 1.165) is 35.2 Å². The molecule has 0 atom stereocenters. The van der Waals surface area contributed by atoms with E-state index >= 15 is 0 Å². The minimum Gasteiger partial charge on any atom is -0.326 e. The van der Waals surface area contributed by atoms with Gasteiger partial charge in [0.05, 0.1) is 29.3 Å². The van der Waals surface area contributed by atoms with Gasteiger partial charge in [-0.05, 0) is 48.6 Å². The Bertz CT molecular complexity index is 1270. The van der Waals surface area contributed by atoms with E-state index in [9.17, 15) is 18.0 Å². The molecule has 2 heterocycles. The van der Waals surface area contributed by atoms with Gasteiger partial charge < -0.3 is 15.2 Å². The van der Waals surface area contributed by atoms with Crippen molar-refractivity contribution in [3.63, 3.8) is 0 Å². The number of halogens is 3. The number of alkyl halides is 3. The number of nitrogens with zero attached hydrogens (tertiary/aromatic N) is 5. The largest absolute Gasteiger partial charge is 0.389 e. The number of carbonyl (C=O) groups excluding carboxylic acids is 1. The van der Waals surface area contributed by atoms with Gasteiger partial charge in [0.2, 0.25) is 0 Å². The summed E-state index contributed by atoms with van der Waals surface area (Å²) >= 11 is 0. The van der Waals surface area contributed by atoms with Gasteiger partial charge in [-0.1, -0.05) is 24.3 Å². The minimum atomic E-state index is -4.21. The van der Waals surface area contributed by atoms with Crippen LogP contribution < -0.4 is 10.6 Å². The zero-order chi connectivity index (χ0) is 25.9. The van der Waals surface area contributed by atoms with Gasteiger partial charge in [0.25, 0.3) is 0 Å². The summed E-state index contributed by atoms with van der Waals surface area (Å²) in [5.74, 6) is 0.571. The molecule has 2 N–H and O–H groups in total. The summed E-state index contributed by atoms with van der Waals surface area (Å²) in [5, 5.41) is 7.32. The highest BCUT2D eigenvalue weighted by atomic mass is 19.4. The number of rotatable bonds is 7. The van der Waals surface area contributed by atoms with Gasteiger partial charge in [-0.15, -0.1) is 0 Å². The van der Waals surface area contributed by atoms with Crippen molar-refractivity contribution in [1.29, 1.82) is 5.26 Å². The first-order valence-corrected chi connectivity index (χ1v) is 12.0. The van der Waals surface area contributed by atoms with E-state index in [0.29, 0.717) is 24.4 Å². The maximum absolute atomic E-state index is 13.4. The summed E-state index contributed by atoms with van der Waals surface area (Å²) in [5.41, 5.74) is 9.98. The van der Waals surface area contributed by atoms with E-state index < -0.39 is 12.6 Å². The third kappa shape index (κ3) is 5.62. The van der Waals surface area contributed by atoms with Crippen LogP contribution in [0.3, 0.4) is 0 Å². The number of nitriles is 1. The molecule has 7 nitrogen and oxygen atoms in total. The molecule has 0 bridgehead atoms. The first kappa shape index (κ1) is 25.5. The Kier molecular flexibility index (Phi) is 7.50. The van der Waals surface area contributed by atoms with E-state index in [1.807, 2.05) is 51.9 Å². The van der Waals surface area contributed by atoms with Crippen LogP contribution >= 0.6 is 0 Å². The SMILES string of the molecule is CC#N.NCc1ccc2c(c1)nc(CN1C(=O)N(C3CC3)Cc3ccccc31)n2CCCC(F)(F)F. The normalized spacial score (nSPS) is 15.4. The average molecular weight is 499 g/mol. The fourth-order valence-electron chi connectivity index (χ4n) is 4.54.